The molecule has 0 radical (unpaired) electrons. The molecule has 0 bridgehead atoms. The van der Waals surface area contributed by atoms with Crippen molar-refractivity contribution >= 4 is 50.6 Å². The molecule has 2 aromatic rings. The zero-order valence-electron chi connectivity index (χ0n) is 8.97. The Morgan fingerprint density at radius 2 is 1.88 bits per heavy atom. The minimum Gasteiger partial charge on any atom is -0.338 e. The average molecular weight is 332 g/mol. The summed E-state index contributed by atoms with van der Waals surface area (Å²) in [7, 11) is 0. The zero-order valence-corrected chi connectivity index (χ0v) is 12.1. The van der Waals surface area contributed by atoms with Gasteiger partial charge in [-0.1, -0.05) is 29.3 Å². The van der Waals surface area contributed by atoms with E-state index in [-0.39, 0.29) is 0 Å². The van der Waals surface area contributed by atoms with Crippen LogP contribution in [0.15, 0.2) is 34.9 Å². The third kappa shape index (κ3) is 2.92. The van der Waals surface area contributed by atoms with E-state index in [9.17, 15) is 0 Å². The molecule has 5 heteroatoms. The number of aryl methyl sites for hydroxylation is 1. The van der Waals surface area contributed by atoms with E-state index in [4.69, 9.17) is 23.2 Å². The van der Waals surface area contributed by atoms with Gasteiger partial charge in [0.05, 0.1) is 15.7 Å². The smallest absolute Gasteiger partial charge is 0.133 e. The van der Waals surface area contributed by atoms with Crippen LogP contribution in [0.1, 0.15) is 5.56 Å². The largest absolute Gasteiger partial charge is 0.338 e. The number of hydrogen-bond acceptors (Lipinski definition) is 2. The number of aromatic nitrogens is 1. The van der Waals surface area contributed by atoms with Gasteiger partial charge in [0.25, 0.3) is 0 Å². The summed E-state index contributed by atoms with van der Waals surface area (Å²) >= 11 is 15.5. The Morgan fingerprint density at radius 1 is 1.24 bits per heavy atom. The number of pyridine rings is 1. The molecular weight excluding hydrogens is 323 g/mol. The minimum absolute atomic E-state index is 0.571. The van der Waals surface area contributed by atoms with Gasteiger partial charge in [-0.15, -0.1) is 0 Å². The van der Waals surface area contributed by atoms with E-state index in [1.165, 1.54) is 0 Å². The van der Waals surface area contributed by atoms with Crippen molar-refractivity contribution in [3.05, 3.63) is 50.5 Å². The van der Waals surface area contributed by atoms with Crippen molar-refractivity contribution in [2.45, 2.75) is 6.92 Å². The molecular formula is C12H9BrCl2N2. The monoisotopic (exact) mass is 330 g/mol. The fourth-order valence-electron chi connectivity index (χ4n) is 1.41. The lowest BCUT2D eigenvalue weighted by Crippen LogP contribution is -1.97. The summed E-state index contributed by atoms with van der Waals surface area (Å²) in [4.78, 5) is 4.28. The van der Waals surface area contributed by atoms with E-state index in [2.05, 4.69) is 26.2 Å². The fraction of sp³-hybridized carbons (Fsp3) is 0.0833. The predicted octanol–water partition coefficient (Wildman–Crippen LogP) is 5.20. The summed E-state index contributed by atoms with van der Waals surface area (Å²) in [5, 5.41) is 4.28. The number of halogens is 3. The topological polar surface area (TPSA) is 24.9 Å². The van der Waals surface area contributed by atoms with Crippen molar-refractivity contribution in [1.82, 2.24) is 4.98 Å². The van der Waals surface area contributed by atoms with Gasteiger partial charge in [-0.2, -0.15) is 0 Å². The van der Waals surface area contributed by atoms with Gasteiger partial charge in [0.1, 0.15) is 5.82 Å². The van der Waals surface area contributed by atoms with Crippen molar-refractivity contribution in [2.24, 2.45) is 0 Å². The summed E-state index contributed by atoms with van der Waals surface area (Å²) in [6.07, 6.45) is 1.72. The Balaban J connectivity index is 2.38. The van der Waals surface area contributed by atoms with Crippen LogP contribution in [-0.2, 0) is 0 Å². The molecule has 0 spiro atoms. The van der Waals surface area contributed by atoms with Crippen molar-refractivity contribution in [3.63, 3.8) is 0 Å². The SMILES string of the molecule is Cc1cc(Br)cnc1Nc1c(Cl)cccc1Cl. The van der Waals surface area contributed by atoms with E-state index in [1.54, 1.807) is 24.4 Å². The van der Waals surface area contributed by atoms with Crippen LogP contribution in [0.4, 0.5) is 11.5 Å². The second kappa shape index (κ2) is 5.25. The molecule has 0 aliphatic heterocycles. The molecule has 0 fully saturated rings. The molecule has 0 aliphatic carbocycles. The highest BCUT2D eigenvalue weighted by Crippen LogP contribution is 2.33. The highest BCUT2D eigenvalue weighted by Gasteiger charge is 2.08. The normalized spacial score (nSPS) is 10.4. The molecule has 1 aromatic heterocycles. The number of hydrogen-bond donors (Lipinski definition) is 1. The maximum atomic E-state index is 6.08. The molecule has 17 heavy (non-hydrogen) atoms. The summed E-state index contributed by atoms with van der Waals surface area (Å²) in [5.41, 5.74) is 1.68. The van der Waals surface area contributed by atoms with Crippen LogP contribution in [0.2, 0.25) is 10.0 Å². The van der Waals surface area contributed by atoms with Crippen LogP contribution in [0.5, 0.6) is 0 Å². The van der Waals surface area contributed by atoms with Gasteiger partial charge >= 0.3 is 0 Å². The highest BCUT2D eigenvalue weighted by molar-refractivity contribution is 9.10. The number of rotatable bonds is 2. The summed E-state index contributed by atoms with van der Waals surface area (Å²) in [5.74, 6) is 0.739. The first-order valence-electron chi connectivity index (χ1n) is 4.91. The van der Waals surface area contributed by atoms with E-state index < -0.39 is 0 Å². The van der Waals surface area contributed by atoms with E-state index >= 15 is 0 Å². The number of anilines is 2. The first-order chi connectivity index (χ1) is 8.08. The quantitative estimate of drug-likeness (QED) is 0.817. The number of nitrogens with zero attached hydrogens (tertiary/aromatic N) is 1. The average Bonchev–Trinajstić information content (AvgIpc) is 2.26. The maximum Gasteiger partial charge on any atom is 0.133 e. The summed E-state index contributed by atoms with van der Waals surface area (Å²) in [6.45, 7) is 1.96. The number of nitrogens with one attached hydrogen (secondary N) is 1. The molecule has 1 aromatic carbocycles. The van der Waals surface area contributed by atoms with Gasteiger partial charge in [-0.25, -0.2) is 4.98 Å². The van der Waals surface area contributed by atoms with Crippen molar-refractivity contribution in [3.8, 4) is 0 Å². The molecule has 0 saturated carbocycles. The van der Waals surface area contributed by atoms with E-state index in [0.29, 0.717) is 15.7 Å². The first kappa shape index (κ1) is 12.7. The first-order valence-corrected chi connectivity index (χ1v) is 6.46. The van der Waals surface area contributed by atoms with Crippen molar-refractivity contribution in [2.75, 3.05) is 5.32 Å². The summed E-state index contributed by atoms with van der Waals surface area (Å²) in [6, 6.07) is 7.34. The lowest BCUT2D eigenvalue weighted by Gasteiger charge is -2.11. The Kier molecular flexibility index (Phi) is 3.92. The third-order valence-electron chi connectivity index (χ3n) is 2.25. The lowest BCUT2D eigenvalue weighted by molar-refractivity contribution is 1.24. The third-order valence-corrected chi connectivity index (χ3v) is 3.31. The van der Waals surface area contributed by atoms with Gasteiger partial charge in [0, 0.05) is 10.7 Å². The maximum absolute atomic E-state index is 6.08. The Hall–Kier alpha value is -0.770. The number of benzene rings is 1. The fourth-order valence-corrected chi connectivity index (χ4v) is 2.34. The number of para-hydroxylation sites is 1. The van der Waals surface area contributed by atoms with Crippen LogP contribution in [0.3, 0.4) is 0 Å². The highest BCUT2D eigenvalue weighted by atomic mass is 79.9. The molecule has 2 nitrogen and oxygen atoms in total. The van der Waals surface area contributed by atoms with Gasteiger partial charge in [-0.3, -0.25) is 0 Å². The van der Waals surface area contributed by atoms with Crippen LogP contribution in [0.25, 0.3) is 0 Å². The molecule has 2 rings (SSSR count). The van der Waals surface area contributed by atoms with E-state index in [0.717, 1.165) is 15.9 Å². The lowest BCUT2D eigenvalue weighted by atomic mass is 10.2. The molecule has 0 saturated heterocycles. The molecule has 0 atom stereocenters. The Labute approximate surface area is 118 Å². The minimum atomic E-state index is 0.571. The van der Waals surface area contributed by atoms with Crippen LogP contribution in [0, 0.1) is 6.92 Å². The second-order valence-electron chi connectivity index (χ2n) is 3.54. The van der Waals surface area contributed by atoms with Crippen LogP contribution < -0.4 is 5.32 Å². The van der Waals surface area contributed by atoms with Gasteiger partial charge < -0.3 is 5.32 Å². The Morgan fingerprint density at radius 3 is 2.47 bits per heavy atom. The molecule has 0 amide bonds. The van der Waals surface area contributed by atoms with Gasteiger partial charge in [-0.05, 0) is 46.6 Å². The van der Waals surface area contributed by atoms with Gasteiger partial charge in [0.2, 0.25) is 0 Å². The summed E-state index contributed by atoms with van der Waals surface area (Å²) < 4.78 is 0.936. The Bertz CT molecular complexity index is 538. The second-order valence-corrected chi connectivity index (χ2v) is 5.27. The zero-order chi connectivity index (χ0) is 12.4. The van der Waals surface area contributed by atoms with Crippen LogP contribution in [-0.4, -0.2) is 4.98 Å². The molecule has 1 heterocycles. The van der Waals surface area contributed by atoms with Crippen LogP contribution >= 0.6 is 39.1 Å². The van der Waals surface area contributed by atoms with Gasteiger partial charge in [0.15, 0.2) is 0 Å². The molecule has 0 aliphatic rings. The van der Waals surface area contributed by atoms with Crippen molar-refractivity contribution in [1.29, 1.82) is 0 Å². The molecule has 1 N–H and O–H groups in total. The molecule has 0 unspecified atom stereocenters. The van der Waals surface area contributed by atoms with E-state index in [1.807, 2.05) is 13.0 Å². The molecule has 88 valence electrons. The van der Waals surface area contributed by atoms with Crippen molar-refractivity contribution < 1.29 is 0 Å². The standard InChI is InChI=1S/C12H9BrCl2N2/c1-7-5-8(13)6-16-12(7)17-11-9(14)3-2-4-10(11)15/h2-6H,1H3,(H,16,17). The predicted molar refractivity (Wildman–Crippen MR) is 76.4 cm³/mol.